The largest absolute Gasteiger partial charge is 0.492 e. The number of ether oxygens (including phenoxy) is 1. The summed E-state index contributed by atoms with van der Waals surface area (Å²) in [6.45, 7) is 6.42. The number of carbonyl (C=O) groups is 1. The molecule has 0 aromatic heterocycles. The lowest BCUT2D eigenvalue weighted by Gasteiger charge is -2.12. The van der Waals surface area contributed by atoms with Crippen LogP contribution < -0.4 is 14.8 Å². The molecule has 0 radical (unpaired) electrons. The van der Waals surface area contributed by atoms with Crippen molar-refractivity contribution in [1.29, 1.82) is 0 Å². The third-order valence-electron chi connectivity index (χ3n) is 4.70. The van der Waals surface area contributed by atoms with Crippen molar-refractivity contribution in [1.82, 2.24) is 0 Å². The maximum absolute atomic E-state index is 12.7. The molecule has 2 N–H and O–H groups in total. The van der Waals surface area contributed by atoms with Crippen LogP contribution in [0.15, 0.2) is 70.0 Å². The van der Waals surface area contributed by atoms with E-state index in [4.69, 9.17) is 4.74 Å². The minimum absolute atomic E-state index is 0.107. The molecule has 32 heavy (non-hydrogen) atoms. The summed E-state index contributed by atoms with van der Waals surface area (Å²) in [6.07, 6.45) is 0.889. The summed E-state index contributed by atoms with van der Waals surface area (Å²) < 4.78 is 34.3. The van der Waals surface area contributed by atoms with E-state index in [1.807, 2.05) is 32.9 Å². The van der Waals surface area contributed by atoms with E-state index < -0.39 is 10.0 Å². The van der Waals surface area contributed by atoms with Gasteiger partial charge in [-0.25, -0.2) is 8.42 Å². The first kappa shape index (κ1) is 23.8. The molecule has 0 aliphatic carbocycles. The van der Waals surface area contributed by atoms with E-state index >= 15 is 0 Å². The van der Waals surface area contributed by atoms with Crippen molar-refractivity contribution in [2.75, 3.05) is 16.6 Å². The number of hydrogen-bond acceptors (Lipinski definition) is 4. The van der Waals surface area contributed by atoms with Gasteiger partial charge in [0.1, 0.15) is 5.75 Å². The fourth-order valence-corrected chi connectivity index (χ4v) is 4.65. The van der Waals surface area contributed by atoms with Crippen LogP contribution in [-0.4, -0.2) is 20.9 Å². The highest BCUT2D eigenvalue weighted by molar-refractivity contribution is 9.10. The second-order valence-electron chi connectivity index (χ2n) is 7.40. The number of hydrogen-bond donors (Lipinski definition) is 2. The smallest absolute Gasteiger partial charge is 0.261 e. The summed E-state index contributed by atoms with van der Waals surface area (Å²) in [5.74, 6) is 0.367. The second-order valence-corrected chi connectivity index (χ2v) is 9.93. The van der Waals surface area contributed by atoms with Gasteiger partial charge in [-0.3, -0.25) is 9.52 Å². The molecule has 0 fully saturated rings. The Hall–Kier alpha value is -2.84. The van der Waals surface area contributed by atoms with E-state index in [0.29, 0.717) is 33.8 Å². The van der Waals surface area contributed by atoms with Crippen LogP contribution in [0.4, 0.5) is 11.4 Å². The molecule has 168 valence electrons. The van der Waals surface area contributed by atoms with Crippen molar-refractivity contribution >= 4 is 43.2 Å². The average molecular weight is 517 g/mol. The normalized spacial score (nSPS) is 11.1. The van der Waals surface area contributed by atoms with Gasteiger partial charge >= 0.3 is 0 Å². The molecule has 0 aliphatic heterocycles. The van der Waals surface area contributed by atoms with Gasteiger partial charge in [0.2, 0.25) is 0 Å². The van der Waals surface area contributed by atoms with Gasteiger partial charge in [0, 0.05) is 11.3 Å². The van der Waals surface area contributed by atoms with Crippen LogP contribution in [0.1, 0.15) is 34.8 Å². The predicted molar refractivity (Wildman–Crippen MR) is 131 cm³/mol. The SMILES string of the molecule is CCCOc1ccc(C(=O)Nc2ccc(S(=O)(=O)Nc3ccc(C)cc3C)cc2)cc1Br. The van der Waals surface area contributed by atoms with E-state index in [-0.39, 0.29) is 10.8 Å². The first-order valence-corrected chi connectivity index (χ1v) is 12.4. The van der Waals surface area contributed by atoms with Crippen LogP contribution in [-0.2, 0) is 10.0 Å². The lowest BCUT2D eigenvalue weighted by molar-refractivity contribution is 0.102. The highest BCUT2D eigenvalue weighted by Gasteiger charge is 2.16. The van der Waals surface area contributed by atoms with Gasteiger partial charge in [0.15, 0.2) is 0 Å². The monoisotopic (exact) mass is 516 g/mol. The van der Waals surface area contributed by atoms with Crippen molar-refractivity contribution < 1.29 is 17.9 Å². The third-order valence-corrected chi connectivity index (χ3v) is 6.71. The molecule has 3 rings (SSSR count). The van der Waals surface area contributed by atoms with Gasteiger partial charge < -0.3 is 10.1 Å². The summed E-state index contributed by atoms with van der Waals surface area (Å²) in [5.41, 5.74) is 3.37. The summed E-state index contributed by atoms with van der Waals surface area (Å²) in [5, 5.41) is 2.78. The fraction of sp³-hybridized carbons (Fsp3) is 0.208. The van der Waals surface area contributed by atoms with E-state index in [9.17, 15) is 13.2 Å². The molecule has 0 unspecified atom stereocenters. The Kier molecular flexibility index (Phi) is 7.58. The van der Waals surface area contributed by atoms with Crippen LogP contribution >= 0.6 is 15.9 Å². The maximum Gasteiger partial charge on any atom is 0.261 e. The van der Waals surface area contributed by atoms with Gasteiger partial charge in [-0.2, -0.15) is 0 Å². The lowest BCUT2D eigenvalue weighted by atomic mass is 10.1. The van der Waals surface area contributed by atoms with Gasteiger partial charge in [-0.05, 0) is 90.3 Å². The Balaban J connectivity index is 1.70. The van der Waals surface area contributed by atoms with Gasteiger partial charge in [0.25, 0.3) is 15.9 Å². The Labute approximate surface area is 197 Å². The molecule has 0 saturated heterocycles. The molecule has 8 heteroatoms. The van der Waals surface area contributed by atoms with Crippen LogP contribution in [0, 0.1) is 13.8 Å². The standard InChI is InChI=1S/C24H25BrN2O4S/c1-4-13-31-23-12-6-18(15-21(23)25)24(28)26-19-7-9-20(10-8-19)32(29,30)27-22-11-5-16(2)14-17(22)3/h5-12,14-15,27H,4,13H2,1-3H3,(H,26,28). The molecule has 0 spiro atoms. The number of carbonyl (C=O) groups excluding carboxylic acids is 1. The Morgan fingerprint density at radius 2 is 1.72 bits per heavy atom. The highest BCUT2D eigenvalue weighted by atomic mass is 79.9. The van der Waals surface area contributed by atoms with Gasteiger partial charge in [-0.1, -0.05) is 24.6 Å². The number of halogens is 1. The van der Waals surface area contributed by atoms with E-state index in [1.54, 1.807) is 36.4 Å². The minimum Gasteiger partial charge on any atom is -0.492 e. The quantitative estimate of drug-likeness (QED) is 0.389. The Morgan fingerprint density at radius 1 is 1.00 bits per heavy atom. The molecule has 0 saturated carbocycles. The molecule has 0 aliphatic rings. The van der Waals surface area contributed by atoms with E-state index in [2.05, 4.69) is 26.0 Å². The van der Waals surface area contributed by atoms with Crippen molar-refractivity contribution in [3.05, 3.63) is 81.8 Å². The topological polar surface area (TPSA) is 84.5 Å². The first-order valence-electron chi connectivity index (χ1n) is 10.1. The Morgan fingerprint density at radius 3 is 2.34 bits per heavy atom. The average Bonchev–Trinajstić information content (AvgIpc) is 2.75. The molecule has 0 atom stereocenters. The first-order chi connectivity index (χ1) is 15.2. The van der Waals surface area contributed by atoms with Crippen molar-refractivity contribution in [2.24, 2.45) is 0 Å². The molecule has 1 amide bonds. The molecule has 3 aromatic carbocycles. The van der Waals surface area contributed by atoms with Crippen LogP contribution in [0.5, 0.6) is 5.75 Å². The zero-order chi connectivity index (χ0) is 23.3. The molecule has 0 heterocycles. The summed E-state index contributed by atoms with van der Waals surface area (Å²) in [4.78, 5) is 12.7. The number of amides is 1. The summed E-state index contributed by atoms with van der Waals surface area (Å²) in [7, 11) is -3.75. The molecular formula is C24H25BrN2O4S. The summed E-state index contributed by atoms with van der Waals surface area (Å²) >= 11 is 3.42. The van der Waals surface area contributed by atoms with Crippen molar-refractivity contribution in [3.8, 4) is 5.75 Å². The second kappa shape index (κ2) is 10.2. The maximum atomic E-state index is 12.7. The molecule has 6 nitrogen and oxygen atoms in total. The van der Waals surface area contributed by atoms with Crippen molar-refractivity contribution in [3.63, 3.8) is 0 Å². The zero-order valence-electron chi connectivity index (χ0n) is 18.1. The van der Waals surface area contributed by atoms with Crippen molar-refractivity contribution in [2.45, 2.75) is 32.1 Å². The third kappa shape index (κ3) is 5.89. The Bertz CT molecular complexity index is 1230. The fourth-order valence-electron chi connectivity index (χ4n) is 3.02. The number of aryl methyl sites for hydroxylation is 2. The zero-order valence-corrected chi connectivity index (χ0v) is 20.5. The van der Waals surface area contributed by atoms with Crippen LogP contribution in [0.3, 0.4) is 0 Å². The minimum atomic E-state index is -3.75. The van der Waals surface area contributed by atoms with E-state index in [1.165, 1.54) is 12.1 Å². The van der Waals surface area contributed by atoms with Crippen LogP contribution in [0.25, 0.3) is 0 Å². The number of rotatable bonds is 8. The molecular weight excluding hydrogens is 492 g/mol. The summed E-state index contributed by atoms with van der Waals surface area (Å²) in [6, 6.07) is 16.6. The molecule has 3 aromatic rings. The lowest BCUT2D eigenvalue weighted by Crippen LogP contribution is -2.15. The number of anilines is 2. The van der Waals surface area contributed by atoms with E-state index in [0.717, 1.165) is 17.5 Å². The number of sulfonamides is 1. The number of benzene rings is 3. The van der Waals surface area contributed by atoms with Gasteiger partial charge in [0.05, 0.1) is 21.7 Å². The molecule has 0 bridgehead atoms. The predicted octanol–water partition coefficient (Wildman–Crippen LogP) is 5.91. The number of nitrogens with one attached hydrogen (secondary N) is 2. The highest BCUT2D eigenvalue weighted by Crippen LogP contribution is 2.27. The van der Waals surface area contributed by atoms with Gasteiger partial charge in [-0.15, -0.1) is 0 Å². The van der Waals surface area contributed by atoms with Crippen LogP contribution in [0.2, 0.25) is 0 Å².